The minimum absolute atomic E-state index is 0.128. The molecule has 0 unspecified atom stereocenters. The van der Waals surface area contributed by atoms with Crippen molar-refractivity contribution in [3.8, 4) is 0 Å². The molecule has 1 amide bonds. The van der Waals surface area contributed by atoms with Gasteiger partial charge in [0.05, 0.1) is 11.6 Å². The number of nitrogens with zero attached hydrogens (tertiary/aromatic N) is 4. The van der Waals surface area contributed by atoms with Gasteiger partial charge in [0.1, 0.15) is 5.52 Å². The SMILES string of the molecule is CCCNC(=O)c1nn(C2CCC(N)CC2)c2c1ccc1cnc(SC)nc12. The number of fused-ring (bicyclic) bond motifs is 3. The van der Waals surface area contributed by atoms with Crippen LogP contribution < -0.4 is 11.1 Å². The van der Waals surface area contributed by atoms with Crippen molar-refractivity contribution in [3.05, 3.63) is 24.0 Å². The van der Waals surface area contributed by atoms with E-state index in [2.05, 4.69) is 10.3 Å². The standard InChI is InChI=1S/C20H26N6OS/c1-3-10-22-19(27)17-15-9-4-12-11-23-20(28-2)24-16(12)18(15)26(25-17)14-7-5-13(21)6-8-14/h4,9,11,13-14H,3,5-8,10,21H2,1-2H3,(H,22,27). The van der Waals surface area contributed by atoms with E-state index in [0.717, 1.165) is 59.1 Å². The summed E-state index contributed by atoms with van der Waals surface area (Å²) in [7, 11) is 0. The highest BCUT2D eigenvalue weighted by Gasteiger charge is 2.26. The Kier molecular flexibility index (Phi) is 5.50. The van der Waals surface area contributed by atoms with Crippen LogP contribution in [-0.4, -0.2) is 44.5 Å². The summed E-state index contributed by atoms with van der Waals surface area (Å²) in [6.07, 6.45) is 8.56. The fourth-order valence-corrected chi connectivity index (χ4v) is 4.24. The molecule has 2 aromatic heterocycles. The minimum Gasteiger partial charge on any atom is -0.351 e. The van der Waals surface area contributed by atoms with Crippen molar-refractivity contribution < 1.29 is 4.79 Å². The van der Waals surface area contributed by atoms with Gasteiger partial charge in [0.2, 0.25) is 0 Å². The lowest BCUT2D eigenvalue weighted by Crippen LogP contribution is -2.28. The molecule has 1 aliphatic rings. The third-order valence-corrected chi connectivity index (χ3v) is 5.98. The Morgan fingerprint density at radius 3 is 2.82 bits per heavy atom. The van der Waals surface area contributed by atoms with Crippen LogP contribution in [0.4, 0.5) is 0 Å². The largest absolute Gasteiger partial charge is 0.351 e. The summed E-state index contributed by atoms with van der Waals surface area (Å²) in [6.45, 7) is 2.68. The van der Waals surface area contributed by atoms with Gasteiger partial charge in [-0.1, -0.05) is 24.8 Å². The zero-order chi connectivity index (χ0) is 19.7. The van der Waals surface area contributed by atoms with E-state index >= 15 is 0 Å². The van der Waals surface area contributed by atoms with Crippen molar-refractivity contribution in [1.29, 1.82) is 0 Å². The van der Waals surface area contributed by atoms with Crippen molar-refractivity contribution in [2.45, 2.75) is 56.3 Å². The maximum atomic E-state index is 12.8. The van der Waals surface area contributed by atoms with E-state index in [-0.39, 0.29) is 18.0 Å². The number of carbonyl (C=O) groups is 1. The number of carbonyl (C=O) groups excluding carboxylic acids is 1. The Bertz CT molecular complexity index is 1010. The second kappa shape index (κ2) is 8.05. The second-order valence-electron chi connectivity index (χ2n) is 7.37. The molecule has 8 heteroatoms. The maximum absolute atomic E-state index is 12.8. The molecule has 28 heavy (non-hydrogen) atoms. The number of benzene rings is 1. The highest BCUT2D eigenvalue weighted by Crippen LogP contribution is 2.34. The lowest BCUT2D eigenvalue weighted by atomic mass is 9.92. The first-order valence-corrected chi connectivity index (χ1v) is 11.1. The van der Waals surface area contributed by atoms with Crippen LogP contribution in [0.2, 0.25) is 0 Å². The molecule has 1 saturated carbocycles. The summed E-state index contributed by atoms with van der Waals surface area (Å²) < 4.78 is 2.03. The second-order valence-corrected chi connectivity index (χ2v) is 8.15. The van der Waals surface area contributed by atoms with Gasteiger partial charge >= 0.3 is 0 Å². The highest BCUT2D eigenvalue weighted by molar-refractivity contribution is 7.98. The number of hydrogen-bond acceptors (Lipinski definition) is 6. The van der Waals surface area contributed by atoms with Crippen LogP contribution in [0.3, 0.4) is 0 Å². The molecule has 4 rings (SSSR count). The molecule has 1 aromatic carbocycles. The van der Waals surface area contributed by atoms with Gasteiger partial charge in [0.15, 0.2) is 10.9 Å². The molecule has 0 atom stereocenters. The van der Waals surface area contributed by atoms with E-state index in [1.165, 1.54) is 11.8 Å². The Morgan fingerprint density at radius 2 is 2.11 bits per heavy atom. The molecule has 3 N–H and O–H groups in total. The minimum atomic E-state index is -0.128. The molecule has 0 aliphatic heterocycles. The lowest BCUT2D eigenvalue weighted by molar-refractivity contribution is 0.0948. The number of hydrogen-bond donors (Lipinski definition) is 2. The summed E-state index contributed by atoms with van der Waals surface area (Å²) in [6, 6.07) is 4.43. The van der Waals surface area contributed by atoms with Crippen LogP contribution in [0.1, 0.15) is 55.6 Å². The molecule has 0 saturated heterocycles. The number of thioether (sulfide) groups is 1. The van der Waals surface area contributed by atoms with Gasteiger partial charge in [0.25, 0.3) is 5.91 Å². The molecule has 148 valence electrons. The normalized spacial score (nSPS) is 20.0. The quantitative estimate of drug-likeness (QED) is 0.505. The molecule has 0 spiro atoms. The van der Waals surface area contributed by atoms with Crippen LogP contribution in [0.25, 0.3) is 21.8 Å². The molecule has 0 radical (unpaired) electrons. The average molecular weight is 399 g/mol. The fourth-order valence-electron chi connectivity index (χ4n) is 3.90. The Balaban J connectivity index is 1.91. The number of amides is 1. The first-order chi connectivity index (χ1) is 13.6. The van der Waals surface area contributed by atoms with Gasteiger partial charge in [-0.3, -0.25) is 9.48 Å². The first-order valence-electron chi connectivity index (χ1n) is 9.88. The zero-order valence-corrected chi connectivity index (χ0v) is 17.1. The van der Waals surface area contributed by atoms with Crippen molar-refractivity contribution in [2.24, 2.45) is 5.73 Å². The molecule has 3 aromatic rings. The van der Waals surface area contributed by atoms with Gasteiger partial charge in [-0.15, -0.1) is 0 Å². The van der Waals surface area contributed by atoms with E-state index in [4.69, 9.17) is 15.8 Å². The van der Waals surface area contributed by atoms with Crippen molar-refractivity contribution >= 4 is 39.5 Å². The molecule has 7 nitrogen and oxygen atoms in total. The fraction of sp³-hybridized carbons (Fsp3) is 0.500. The summed E-state index contributed by atoms with van der Waals surface area (Å²) in [4.78, 5) is 21.9. The molecular weight excluding hydrogens is 372 g/mol. The van der Waals surface area contributed by atoms with Gasteiger partial charge in [-0.2, -0.15) is 5.10 Å². The first kappa shape index (κ1) is 19.1. The molecule has 2 heterocycles. The van der Waals surface area contributed by atoms with Crippen LogP contribution >= 0.6 is 11.8 Å². The van der Waals surface area contributed by atoms with Crippen molar-refractivity contribution in [1.82, 2.24) is 25.1 Å². The summed E-state index contributed by atoms with van der Waals surface area (Å²) in [5.41, 5.74) is 8.37. The van der Waals surface area contributed by atoms with Crippen molar-refractivity contribution in [2.75, 3.05) is 12.8 Å². The third kappa shape index (κ3) is 3.46. The van der Waals surface area contributed by atoms with Crippen LogP contribution in [0, 0.1) is 0 Å². The van der Waals surface area contributed by atoms with Gasteiger partial charge < -0.3 is 11.1 Å². The Hall–Kier alpha value is -2.19. The summed E-state index contributed by atoms with van der Waals surface area (Å²) in [5, 5.41) is 10.3. The lowest BCUT2D eigenvalue weighted by Gasteiger charge is -2.27. The van der Waals surface area contributed by atoms with E-state index < -0.39 is 0 Å². The number of nitrogens with two attached hydrogens (primary N) is 1. The maximum Gasteiger partial charge on any atom is 0.272 e. The monoisotopic (exact) mass is 398 g/mol. The zero-order valence-electron chi connectivity index (χ0n) is 16.3. The van der Waals surface area contributed by atoms with E-state index in [0.29, 0.717) is 12.2 Å². The molecule has 1 fully saturated rings. The van der Waals surface area contributed by atoms with Gasteiger partial charge in [-0.25, -0.2) is 9.97 Å². The molecular formula is C20H26N6OS. The number of nitrogens with one attached hydrogen (secondary N) is 1. The highest BCUT2D eigenvalue weighted by atomic mass is 32.2. The van der Waals surface area contributed by atoms with E-state index in [1.807, 2.05) is 36.2 Å². The van der Waals surface area contributed by atoms with Crippen LogP contribution in [0.5, 0.6) is 0 Å². The van der Waals surface area contributed by atoms with Gasteiger partial charge in [0, 0.05) is 29.6 Å². The third-order valence-electron chi connectivity index (χ3n) is 5.42. The Labute approximate surface area is 168 Å². The average Bonchev–Trinajstić information content (AvgIpc) is 3.12. The van der Waals surface area contributed by atoms with Crippen LogP contribution in [0.15, 0.2) is 23.5 Å². The molecule has 1 aliphatic carbocycles. The predicted molar refractivity (Wildman–Crippen MR) is 113 cm³/mol. The number of aromatic nitrogens is 4. The predicted octanol–water partition coefficient (Wildman–Crippen LogP) is 3.28. The van der Waals surface area contributed by atoms with E-state index in [1.54, 1.807) is 0 Å². The van der Waals surface area contributed by atoms with E-state index in [9.17, 15) is 4.79 Å². The molecule has 0 bridgehead atoms. The van der Waals surface area contributed by atoms with Crippen LogP contribution in [-0.2, 0) is 0 Å². The summed E-state index contributed by atoms with van der Waals surface area (Å²) in [5.74, 6) is -0.128. The summed E-state index contributed by atoms with van der Waals surface area (Å²) >= 11 is 1.51. The van der Waals surface area contributed by atoms with Crippen molar-refractivity contribution in [3.63, 3.8) is 0 Å². The topological polar surface area (TPSA) is 98.7 Å². The smallest absolute Gasteiger partial charge is 0.272 e. The Morgan fingerprint density at radius 1 is 1.32 bits per heavy atom. The number of rotatable bonds is 5. The van der Waals surface area contributed by atoms with Gasteiger partial charge in [-0.05, 0) is 44.4 Å².